The van der Waals surface area contributed by atoms with Gasteiger partial charge in [-0.15, -0.1) is 0 Å². The minimum absolute atomic E-state index is 0.000134. The number of sulfonamides is 1. The molecule has 3 rings (SSSR count). The molecule has 1 fully saturated rings. The second kappa shape index (κ2) is 8.69. The maximum absolute atomic E-state index is 12.5. The van der Waals surface area contributed by atoms with Crippen molar-refractivity contribution >= 4 is 15.9 Å². The molecule has 0 bridgehead atoms. The van der Waals surface area contributed by atoms with E-state index in [1.807, 2.05) is 12.1 Å². The molecule has 1 aliphatic heterocycles. The Morgan fingerprint density at radius 2 is 1.89 bits per heavy atom. The molecule has 2 N–H and O–H groups in total. The van der Waals surface area contributed by atoms with Crippen LogP contribution in [-0.2, 0) is 10.0 Å². The number of nitrogens with zero attached hydrogens (tertiary/aromatic N) is 1. The SMILES string of the molecule is CCNS(=O)(=O)c1ccc(C(=O)NCC(c2ccco2)N2CCCC2)cc1. The third-order valence-corrected chi connectivity index (χ3v) is 6.23. The average Bonchev–Trinajstić information content (AvgIpc) is 3.36. The fourth-order valence-corrected chi connectivity index (χ4v) is 4.34. The van der Waals surface area contributed by atoms with Crippen LogP contribution in [0.5, 0.6) is 0 Å². The number of likely N-dealkylation sites (tertiary alicyclic amines) is 1. The summed E-state index contributed by atoms with van der Waals surface area (Å²) in [4.78, 5) is 15.0. The topological polar surface area (TPSA) is 91.6 Å². The third-order valence-electron chi connectivity index (χ3n) is 4.67. The van der Waals surface area contributed by atoms with E-state index in [1.54, 1.807) is 13.2 Å². The van der Waals surface area contributed by atoms with Gasteiger partial charge in [0.1, 0.15) is 5.76 Å². The summed E-state index contributed by atoms with van der Waals surface area (Å²) in [5.74, 6) is 0.599. The van der Waals surface area contributed by atoms with Gasteiger partial charge in [-0.1, -0.05) is 6.92 Å². The highest BCUT2D eigenvalue weighted by molar-refractivity contribution is 7.89. The summed E-state index contributed by atoms with van der Waals surface area (Å²) in [7, 11) is -3.52. The summed E-state index contributed by atoms with van der Waals surface area (Å²) in [5.41, 5.74) is 0.421. The number of hydrogen-bond donors (Lipinski definition) is 2. The molecule has 1 atom stereocenters. The Balaban J connectivity index is 1.65. The van der Waals surface area contributed by atoms with Crippen molar-refractivity contribution in [2.45, 2.75) is 30.7 Å². The summed E-state index contributed by atoms with van der Waals surface area (Å²) in [6, 6.07) is 9.71. The van der Waals surface area contributed by atoms with Gasteiger partial charge in [0.15, 0.2) is 0 Å². The van der Waals surface area contributed by atoms with E-state index in [-0.39, 0.29) is 16.8 Å². The normalized spacial score (nSPS) is 16.3. The van der Waals surface area contributed by atoms with Crippen molar-refractivity contribution in [1.82, 2.24) is 14.9 Å². The van der Waals surface area contributed by atoms with Crippen molar-refractivity contribution in [2.75, 3.05) is 26.2 Å². The van der Waals surface area contributed by atoms with Crippen molar-refractivity contribution < 1.29 is 17.6 Å². The fourth-order valence-electron chi connectivity index (χ4n) is 3.29. The Bertz CT molecular complexity index is 842. The molecule has 1 aromatic heterocycles. The van der Waals surface area contributed by atoms with Crippen molar-refractivity contribution in [3.63, 3.8) is 0 Å². The maximum atomic E-state index is 12.5. The largest absolute Gasteiger partial charge is 0.468 e. The van der Waals surface area contributed by atoms with E-state index in [2.05, 4.69) is 14.9 Å². The molecule has 8 heteroatoms. The number of carbonyl (C=O) groups is 1. The van der Waals surface area contributed by atoms with Gasteiger partial charge in [0.2, 0.25) is 10.0 Å². The highest BCUT2D eigenvalue weighted by atomic mass is 32.2. The molecule has 1 aromatic carbocycles. The highest BCUT2D eigenvalue weighted by Gasteiger charge is 2.26. The molecular formula is C19H25N3O4S. The van der Waals surface area contributed by atoms with Crippen LogP contribution in [0.4, 0.5) is 0 Å². The van der Waals surface area contributed by atoms with E-state index in [0.29, 0.717) is 18.7 Å². The zero-order valence-electron chi connectivity index (χ0n) is 15.3. The van der Waals surface area contributed by atoms with Crippen LogP contribution in [0.3, 0.4) is 0 Å². The zero-order chi connectivity index (χ0) is 19.3. The van der Waals surface area contributed by atoms with Gasteiger partial charge in [-0.05, 0) is 62.3 Å². The van der Waals surface area contributed by atoms with E-state index in [9.17, 15) is 13.2 Å². The van der Waals surface area contributed by atoms with Gasteiger partial charge >= 0.3 is 0 Å². The second-order valence-electron chi connectivity index (χ2n) is 6.51. The number of carbonyl (C=O) groups excluding carboxylic acids is 1. The standard InChI is InChI=1S/C19H25N3O4S/c1-2-21-27(24,25)16-9-7-15(8-10-16)19(23)20-14-17(18-6-5-13-26-18)22-11-3-4-12-22/h5-10,13,17,21H,2-4,11-12,14H2,1H3,(H,20,23). The molecule has 1 aliphatic rings. The molecule has 2 heterocycles. The Morgan fingerprint density at radius 1 is 1.19 bits per heavy atom. The lowest BCUT2D eigenvalue weighted by Crippen LogP contribution is -2.36. The van der Waals surface area contributed by atoms with Crippen molar-refractivity contribution in [3.05, 3.63) is 54.0 Å². The van der Waals surface area contributed by atoms with E-state index in [1.165, 1.54) is 24.3 Å². The van der Waals surface area contributed by atoms with Gasteiger partial charge in [-0.3, -0.25) is 9.69 Å². The molecule has 0 saturated carbocycles. The summed E-state index contributed by atoms with van der Waals surface area (Å²) < 4.78 is 31.9. The predicted octanol–water partition coefficient (Wildman–Crippen LogP) is 2.14. The number of benzene rings is 1. The number of furan rings is 1. The number of amides is 1. The van der Waals surface area contributed by atoms with E-state index >= 15 is 0 Å². The molecule has 27 heavy (non-hydrogen) atoms. The van der Waals surface area contributed by atoms with Crippen LogP contribution in [0, 0.1) is 0 Å². The van der Waals surface area contributed by atoms with E-state index in [0.717, 1.165) is 31.7 Å². The molecule has 1 unspecified atom stereocenters. The van der Waals surface area contributed by atoms with Gasteiger partial charge in [-0.25, -0.2) is 13.1 Å². The fraction of sp³-hybridized carbons (Fsp3) is 0.421. The molecule has 2 aromatic rings. The Kier molecular flexibility index (Phi) is 6.30. The zero-order valence-corrected chi connectivity index (χ0v) is 16.2. The van der Waals surface area contributed by atoms with Crippen LogP contribution < -0.4 is 10.0 Å². The van der Waals surface area contributed by atoms with Crippen LogP contribution >= 0.6 is 0 Å². The highest BCUT2D eigenvalue weighted by Crippen LogP contribution is 2.25. The Labute approximate surface area is 159 Å². The molecular weight excluding hydrogens is 366 g/mol. The second-order valence-corrected chi connectivity index (χ2v) is 8.28. The van der Waals surface area contributed by atoms with Crippen LogP contribution in [0.15, 0.2) is 52.0 Å². The first-order chi connectivity index (χ1) is 13.0. The predicted molar refractivity (Wildman–Crippen MR) is 102 cm³/mol. The van der Waals surface area contributed by atoms with Crippen molar-refractivity contribution in [2.24, 2.45) is 0 Å². The molecule has 0 radical (unpaired) electrons. The monoisotopic (exact) mass is 391 g/mol. The van der Waals surface area contributed by atoms with Gasteiger partial charge < -0.3 is 9.73 Å². The first-order valence-corrected chi connectivity index (χ1v) is 10.6. The van der Waals surface area contributed by atoms with Gasteiger partial charge in [-0.2, -0.15) is 0 Å². The van der Waals surface area contributed by atoms with Gasteiger partial charge in [0.05, 0.1) is 17.2 Å². The molecule has 1 amide bonds. The summed E-state index contributed by atoms with van der Waals surface area (Å²) in [6.45, 7) is 4.44. The van der Waals surface area contributed by atoms with Crippen molar-refractivity contribution in [1.29, 1.82) is 0 Å². The number of rotatable bonds is 8. The summed E-state index contributed by atoms with van der Waals surface area (Å²) >= 11 is 0. The van der Waals surface area contributed by atoms with Crippen LogP contribution in [-0.4, -0.2) is 45.4 Å². The lowest BCUT2D eigenvalue weighted by Gasteiger charge is -2.26. The van der Waals surface area contributed by atoms with Crippen LogP contribution in [0.25, 0.3) is 0 Å². The molecule has 1 saturated heterocycles. The van der Waals surface area contributed by atoms with E-state index < -0.39 is 10.0 Å². The summed E-state index contributed by atoms with van der Waals surface area (Å²) in [6.07, 6.45) is 3.93. The Morgan fingerprint density at radius 3 is 2.48 bits per heavy atom. The third kappa shape index (κ3) is 4.77. The molecule has 0 aliphatic carbocycles. The van der Waals surface area contributed by atoms with Crippen LogP contribution in [0.1, 0.15) is 41.9 Å². The van der Waals surface area contributed by atoms with E-state index in [4.69, 9.17) is 4.42 Å². The van der Waals surface area contributed by atoms with Crippen LogP contribution in [0.2, 0.25) is 0 Å². The Hall–Kier alpha value is -2.16. The quantitative estimate of drug-likeness (QED) is 0.719. The minimum atomic E-state index is -3.52. The van der Waals surface area contributed by atoms with Gasteiger partial charge in [0, 0.05) is 18.7 Å². The lowest BCUT2D eigenvalue weighted by molar-refractivity contribution is 0.0933. The maximum Gasteiger partial charge on any atom is 0.251 e. The van der Waals surface area contributed by atoms with Gasteiger partial charge in [0.25, 0.3) is 5.91 Å². The first-order valence-electron chi connectivity index (χ1n) is 9.16. The molecule has 7 nitrogen and oxygen atoms in total. The first kappa shape index (κ1) is 19.6. The summed E-state index contributed by atoms with van der Waals surface area (Å²) in [5, 5.41) is 2.94. The molecule has 146 valence electrons. The lowest BCUT2D eigenvalue weighted by atomic mass is 10.1. The molecule has 0 spiro atoms. The van der Waals surface area contributed by atoms with Crippen molar-refractivity contribution in [3.8, 4) is 0 Å². The number of nitrogens with one attached hydrogen (secondary N) is 2. The smallest absolute Gasteiger partial charge is 0.251 e. The average molecular weight is 391 g/mol. The number of hydrogen-bond acceptors (Lipinski definition) is 5. The minimum Gasteiger partial charge on any atom is -0.468 e.